The van der Waals surface area contributed by atoms with Crippen LogP contribution in [0.15, 0.2) is 12.1 Å². The molecule has 0 saturated heterocycles. The molecule has 0 fully saturated rings. The number of anilines is 1. The Morgan fingerprint density at radius 3 is 2.40 bits per heavy atom. The van der Waals surface area contributed by atoms with Crippen LogP contribution >= 0.6 is 0 Å². The summed E-state index contributed by atoms with van der Waals surface area (Å²) in [5.74, 6) is 0. The van der Waals surface area contributed by atoms with Crippen LogP contribution in [-0.4, -0.2) is 21.8 Å². The molecule has 0 unspecified atom stereocenters. The lowest BCUT2D eigenvalue weighted by atomic mass is 10.2. The van der Waals surface area contributed by atoms with Gasteiger partial charge in [-0.15, -0.1) is 0 Å². The van der Waals surface area contributed by atoms with E-state index in [0.717, 1.165) is 6.07 Å². The van der Waals surface area contributed by atoms with Crippen molar-refractivity contribution in [3.63, 3.8) is 0 Å². The van der Waals surface area contributed by atoms with E-state index in [-0.39, 0.29) is 11.4 Å². The Balaban J connectivity index is 2.98. The molecule has 0 aromatic carbocycles. The first-order valence-corrected chi connectivity index (χ1v) is 5.70. The maximum Gasteiger partial charge on any atom is 0.433 e. The third-order valence-corrected chi connectivity index (χ3v) is 1.98. The highest BCUT2D eigenvalue weighted by molar-refractivity contribution is 5.85. The van der Waals surface area contributed by atoms with Gasteiger partial charge in [0, 0.05) is 5.69 Å². The van der Waals surface area contributed by atoms with Crippen LogP contribution in [0, 0.1) is 0 Å². The van der Waals surface area contributed by atoms with Crippen molar-refractivity contribution < 1.29 is 27.8 Å². The molecule has 1 rings (SSSR count). The number of hydrogen-bond acceptors (Lipinski definition) is 4. The molecule has 0 bridgehead atoms. The standard InChI is InChI=1S/C12H15F3N2O3/c1-11(2,3)20-10(19)17-7-4-8(6-18)16-9(5-7)12(13,14)15/h4-5,18H,6H2,1-3H3,(H,16,17,19). The molecule has 0 aliphatic heterocycles. The number of carbonyl (C=O) groups excluding carboxylic acids is 1. The first kappa shape index (κ1) is 16.2. The van der Waals surface area contributed by atoms with Gasteiger partial charge in [0.2, 0.25) is 0 Å². The number of aromatic nitrogens is 1. The van der Waals surface area contributed by atoms with Gasteiger partial charge < -0.3 is 9.84 Å². The average molecular weight is 292 g/mol. The van der Waals surface area contributed by atoms with E-state index in [1.54, 1.807) is 20.8 Å². The number of aliphatic hydroxyl groups excluding tert-OH is 1. The van der Waals surface area contributed by atoms with Gasteiger partial charge >= 0.3 is 12.3 Å². The quantitative estimate of drug-likeness (QED) is 0.879. The van der Waals surface area contributed by atoms with Crippen LogP contribution in [-0.2, 0) is 17.5 Å². The van der Waals surface area contributed by atoms with Crippen molar-refractivity contribution in [2.45, 2.75) is 39.2 Å². The third-order valence-electron chi connectivity index (χ3n) is 1.98. The molecular weight excluding hydrogens is 277 g/mol. The van der Waals surface area contributed by atoms with E-state index in [1.807, 2.05) is 0 Å². The lowest BCUT2D eigenvalue weighted by molar-refractivity contribution is -0.141. The SMILES string of the molecule is CC(C)(C)OC(=O)Nc1cc(CO)nc(C(F)(F)F)c1. The van der Waals surface area contributed by atoms with E-state index in [2.05, 4.69) is 10.3 Å². The van der Waals surface area contributed by atoms with Crippen molar-refractivity contribution >= 4 is 11.8 Å². The number of carbonyl (C=O) groups is 1. The predicted molar refractivity (Wildman–Crippen MR) is 65.0 cm³/mol. The molecule has 0 radical (unpaired) electrons. The molecule has 1 heterocycles. The van der Waals surface area contributed by atoms with Gasteiger partial charge in [-0.25, -0.2) is 9.78 Å². The lowest BCUT2D eigenvalue weighted by Gasteiger charge is -2.20. The molecule has 1 amide bonds. The molecule has 0 saturated carbocycles. The number of nitrogens with one attached hydrogen (secondary N) is 1. The number of halogens is 3. The van der Waals surface area contributed by atoms with Crippen LogP contribution in [0.5, 0.6) is 0 Å². The van der Waals surface area contributed by atoms with Crippen molar-refractivity contribution in [3.05, 3.63) is 23.5 Å². The van der Waals surface area contributed by atoms with Gasteiger partial charge in [0.25, 0.3) is 0 Å². The smallest absolute Gasteiger partial charge is 0.433 e. The van der Waals surface area contributed by atoms with Gasteiger partial charge in [0.1, 0.15) is 11.3 Å². The van der Waals surface area contributed by atoms with Crippen molar-refractivity contribution in [2.24, 2.45) is 0 Å². The van der Waals surface area contributed by atoms with E-state index in [4.69, 9.17) is 9.84 Å². The monoisotopic (exact) mass is 292 g/mol. The van der Waals surface area contributed by atoms with E-state index in [0.29, 0.717) is 6.07 Å². The minimum Gasteiger partial charge on any atom is -0.444 e. The number of alkyl halides is 3. The van der Waals surface area contributed by atoms with Gasteiger partial charge in [-0.3, -0.25) is 5.32 Å². The number of nitrogens with zero attached hydrogens (tertiary/aromatic N) is 1. The number of aliphatic hydroxyl groups is 1. The van der Waals surface area contributed by atoms with Crippen LogP contribution in [0.2, 0.25) is 0 Å². The predicted octanol–water partition coefficient (Wildman–Crippen LogP) is 2.94. The topological polar surface area (TPSA) is 71.5 Å². The van der Waals surface area contributed by atoms with Crippen molar-refractivity contribution in [1.29, 1.82) is 0 Å². The second kappa shape index (κ2) is 5.66. The Morgan fingerprint density at radius 2 is 1.95 bits per heavy atom. The summed E-state index contributed by atoms with van der Waals surface area (Å²) >= 11 is 0. The zero-order chi connectivity index (χ0) is 15.6. The van der Waals surface area contributed by atoms with Crippen molar-refractivity contribution in [2.75, 3.05) is 5.32 Å². The Hall–Kier alpha value is -1.83. The first-order chi connectivity index (χ1) is 9.01. The molecule has 0 aliphatic carbocycles. The van der Waals surface area contributed by atoms with Gasteiger partial charge in [0.05, 0.1) is 12.3 Å². The number of pyridine rings is 1. The summed E-state index contributed by atoms with van der Waals surface area (Å²) in [4.78, 5) is 14.7. The number of ether oxygens (including phenoxy) is 1. The highest BCUT2D eigenvalue weighted by Gasteiger charge is 2.33. The molecule has 1 aromatic heterocycles. The molecule has 20 heavy (non-hydrogen) atoms. The largest absolute Gasteiger partial charge is 0.444 e. The summed E-state index contributed by atoms with van der Waals surface area (Å²) in [6.07, 6.45) is -5.56. The normalized spacial score (nSPS) is 12.2. The minimum absolute atomic E-state index is 0.148. The molecule has 1 aromatic rings. The molecule has 8 heteroatoms. The Bertz CT molecular complexity index is 496. The zero-order valence-electron chi connectivity index (χ0n) is 11.2. The van der Waals surface area contributed by atoms with E-state index in [1.165, 1.54) is 0 Å². The van der Waals surface area contributed by atoms with Crippen LogP contribution in [0.4, 0.5) is 23.7 Å². The summed E-state index contributed by atoms with van der Waals surface area (Å²) < 4.78 is 42.7. The van der Waals surface area contributed by atoms with Crippen LogP contribution in [0.25, 0.3) is 0 Å². The van der Waals surface area contributed by atoms with E-state index < -0.39 is 30.2 Å². The molecule has 5 nitrogen and oxygen atoms in total. The van der Waals surface area contributed by atoms with E-state index >= 15 is 0 Å². The molecule has 0 atom stereocenters. The maximum absolute atomic E-state index is 12.6. The Labute approximate surface area is 113 Å². The number of amides is 1. The summed E-state index contributed by atoms with van der Waals surface area (Å²) in [6, 6.07) is 1.81. The fourth-order valence-electron chi connectivity index (χ4n) is 1.31. The van der Waals surface area contributed by atoms with Crippen molar-refractivity contribution in [1.82, 2.24) is 4.98 Å². The van der Waals surface area contributed by atoms with Crippen molar-refractivity contribution in [3.8, 4) is 0 Å². The molecule has 112 valence electrons. The maximum atomic E-state index is 12.6. The average Bonchev–Trinajstić information content (AvgIpc) is 2.24. The summed E-state index contributed by atoms with van der Waals surface area (Å²) in [7, 11) is 0. The summed E-state index contributed by atoms with van der Waals surface area (Å²) in [6.45, 7) is 4.20. The third kappa shape index (κ3) is 5.04. The zero-order valence-corrected chi connectivity index (χ0v) is 11.2. The van der Waals surface area contributed by atoms with Gasteiger partial charge in [-0.2, -0.15) is 13.2 Å². The fraction of sp³-hybridized carbons (Fsp3) is 0.500. The van der Waals surface area contributed by atoms with Crippen LogP contribution < -0.4 is 5.32 Å². The molecular formula is C12H15F3N2O3. The molecule has 2 N–H and O–H groups in total. The van der Waals surface area contributed by atoms with Crippen LogP contribution in [0.1, 0.15) is 32.2 Å². The van der Waals surface area contributed by atoms with Gasteiger partial charge in [0.15, 0.2) is 0 Å². The molecule has 0 aliphatic rings. The van der Waals surface area contributed by atoms with E-state index in [9.17, 15) is 18.0 Å². The highest BCUT2D eigenvalue weighted by atomic mass is 19.4. The number of rotatable bonds is 2. The second-order valence-electron chi connectivity index (χ2n) is 5.02. The highest BCUT2D eigenvalue weighted by Crippen LogP contribution is 2.30. The molecule has 0 spiro atoms. The fourth-order valence-corrected chi connectivity index (χ4v) is 1.31. The Morgan fingerprint density at radius 1 is 1.35 bits per heavy atom. The summed E-state index contributed by atoms with van der Waals surface area (Å²) in [5.41, 5.74) is -2.32. The second-order valence-corrected chi connectivity index (χ2v) is 5.02. The first-order valence-electron chi connectivity index (χ1n) is 5.70. The summed E-state index contributed by atoms with van der Waals surface area (Å²) in [5, 5.41) is 11.1. The van der Waals surface area contributed by atoms with Crippen LogP contribution in [0.3, 0.4) is 0 Å². The minimum atomic E-state index is -4.67. The lowest BCUT2D eigenvalue weighted by Crippen LogP contribution is -2.27. The van der Waals surface area contributed by atoms with Gasteiger partial charge in [-0.05, 0) is 32.9 Å². The Kier molecular flexibility index (Phi) is 4.59. The van der Waals surface area contributed by atoms with Gasteiger partial charge in [-0.1, -0.05) is 0 Å². The number of hydrogen-bond donors (Lipinski definition) is 2.